The molecule has 1 amide bonds. The highest BCUT2D eigenvalue weighted by Gasteiger charge is 2.23. The molecule has 252 valence electrons. The normalized spacial score (nSPS) is 13.9. The van der Waals surface area contributed by atoms with Crippen LogP contribution in [0.4, 0.5) is 11.6 Å². The Kier molecular flexibility index (Phi) is 14.8. The predicted molar refractivity (Wildman–Crippen MR) is 179 cm³/mol. The molecule has 0 spiro atoms. The van der Waals surface area contributed by atoms with E-state index in [0.717, 1.165) is 49.0 Å². The van der Waals surface area contributed by atoms with Crippen molar-refractivity contribution < 1.29 is 34.1 Å². The third-order valence-electron chi connectivity index (χ3n) is 7.73. The van der Waals surface area contributed by atoms with Gasteiger partial charge in [-0.2, -0.15) is 0 Å². The van der Waals surface area contributed by atoms with E-state index in [1.807, 2.05) is 43.3 Å². The summed E-state index contributed by atoms with van der Waals surface area (Å²) in [6.45, 7) is 5.08. The van der Waals surface area contributed by atoms with Gasteiger partial charge in [-0.05, 0) is 48.2 Å². The first-order valence-electron chi connectivity index (χ1n) is 15.6. The largest absolute Gasteiger partial charge is 0.493 e. The van der Waals surface area contributed by atoms with E-state index in [1.165, 1.54) is 11.1 Å². The summed E-state index contributed by atoms with van der Waals surface area (Å²) >= 11 is 5.96. The second-order valence-corrected chi connectivity index (χ2v) is 12.3. The molecule has 0 saturated carbocycles. The molecule has 1 heterocycles. The smallest absolute Gasteiger partial charge is 0.273 e. The van der Waals surface area contributed by atoms with E-state index in [9.17, 15) is 15.0 Å². The number of nitrogen functional groups attached to an aromatic ring is 2. The number of nitrogens with two attached hydrogens (primary N) is 2. The molecule has 0 aliphatic rings. The van der Waals surface area contributed by atoms with Crippen LogP contribution in [0.25, 0.3) is 0 Å². The minimum absolute atomic E-state index is 0.0268. The lowest BCUT2D eigenvalue weighted by molar-refractivity contribution is -0.908. The molecular formula is C33H48ClN6O6+. The number of hydrogen-bond acceptors (Lipinski definition) is 10. The number of ether oxygens (including phenoxy) is 2. The number of carbonyl (C=O) groups excluding carboxylic acids is 1. The Morgan fingerprint density at radius 3 is 1.93 bits per heavy atom. The van der Waals surface area contributed by atoms with E-state index in [1.54, 1.807) is 0 Å². The fourth-order valence-corrected chi connectivity index (χ4v) is 4.96. The Hall–Kier alpha value is -3.68. The number of nitrogens with zero attached hydrogens (tertiary/aromatic N) is 3. The number of amides is 1. The van der Waals surface area contributed by atoms with Crippen LogP contribution < -0.4 is 26.3 Å². The number of quaternary nitrogens is 1. The summed E-state index contributed by atoms with van der Waals surface area (Å²) in [5, 5.41) is 30.5. The van der Waals surface area contributed by atoms with Gasteiger partial charge >= 0.3 is 0 Å². The van der Waals surface area contributed by atoms with E-state index in [2.05, 4.69) is 34.5 Å². The van der Waals surface area contributed by atoms with Gasteiger partial charge in [0.1, 0.15) is 24.2 Å². The van der Waals surface area contributed by atoms with Crippen LogP contribution in [-0.2, 0) is 12.8 Å². The average molecular weight is 660 g/mol. The van der Waals surface area contributed by atoms with Gasteiger partial charge in [0.15, 0.2) is 22.5 Å². The number of aromatic nitrogens is 2. The van der Waals surface area contributed by atoms with Crippen LogP contribution in [0.15, 0.2) is 48.5 Å². The van der Waals surface area contributed by atoms with Crippen LogP contribution in [0.5, 0.6) is 11.5 Å². The van der Waals surface area contributed by atoms with Crippen LogP contribution in [0.1, 0.15) is 41.4 Å². The molecule has 0 fully saturated rings. The average Bonchev–Trinajstić information content (AvgIpc) is 3.05. The molecule has 3 rings (SSSR count). The quantitative estimate of drug-likeness (QED) is 0.0984. The van der Waals surface area contributed by atoms with Crippen molar-refractivity contribution in [2.75, 3.05) is 71.1 Å². The van der Waals surface area contributed by atoms with Crippen molar-refractivity contribution in [1.82, 2.24) is 15.3 Å². The molecular weight excluding hydrogens is 612 g/mol. The van der Waals surface area contributed by atoms with Crippen LogP contribution in [0.2, 0.25) is 5.15 Å². The van der Waals surface area contributed by atoms with Gasteiger partial charge in [-0.3, -0.25) is 4.79 Å². The molecule has 3 atom stereocenters. The number of aliphatic hydroxyl groups is 3. The monoisotopic (exact) mass is 659 g/mol. The van der Waals surface area contributed by atoms with Gasteiger partial charge in [-0.15, -0.1) is 0 Å². The lowest BCUT2D eigenvalue weighted by atomic mass is 10.1. The first-order chi connectivity index (χ1) is 22.0. The molecule has 0 radical (unpaired) electrons. The second kappa shape index (κ2) is 18.5. The number of anilines is 2. The van der Waals surface area contributed by atoms with E-state index in [0.29, 0.717) is 25.4 Å². The Bertz CT molecular complexity index is 1300. The summed E-state index contributed by atoms with van der Waals surface area (Å²) in [4.78, 5) is 20.7. The van der Waals surface area contributed by atoms with E-state index in [-0.39, 0.29) is 48.2 Å². The van der Waals surface area contributed by atoms with Gasteiger partial charge in [0, 0.05) is 25.4 Å². The zero-order valence-corrected chi connectivity index (χ0v) is 27.5. The Balaban J connectivity index is 1.57. The molecule has 13 heteroatoms. The SMILES string of the molecule is CC(CO)COc1ccc(CCC[N+](C)(CCCc2ccc(OCC(O)CO)cc2)CCNC(=O)c2nc(Cl)c(N)nc2N)cc1. The molecule has 1 aromatic heterocycles. The molecule has 0 saturated heterocycles. The highest BCUT2D eigenvalue weighted by atomic mass is 35.5. The van der Waals surface area contributed by atoms with Crippen molar-refractivity contribution in [2.45, 2.75) is 38.7 Å². The topological polar surface area (TPSA) is 186 Å². The molecule has 2 aromatic carbocycles. The Labute approximate surface area is 275 Å². The highest BCUT2D eigenvalue weighted by Crippen LogP contribution is 2.19. The Morgan fingerprint density at radius 1 is 0.870 bits per heavy atom. The molecule has 0 bridgehead atoms. The summed E-state index contributed by atoms with van der Waals surface area (Å²) in [6.07, 6.45) is 2.73. The zero-order valence-electron chi connectivity index (χ0n) is 26.7. The number of aryl methyl sites for hydroxylation is 2. The van der Waals surface area contributed by atoms with E-state index >= 15 is 0 Å². The standard InChI is InChI=1S/C33H47ClN6O6/c1-23(19-41)21-45-27-11-7-24(8-12-27)5-3-16-40(2,18-15-37-33(44)29-31(35)39-32(36)30(34)38-29)17-4-6-25-9-13-28(14-10-25)46-22-26(43)20-42/h7-14,23,26,41-43H,3-6,15-22H2,1-2H3,(H4-,35,36,37,39,44)/p+1. The fraction of sp³-hybridized carbons (Fsp3) is 0.485. The minimum atomic E-state index is -0.908. The van der Waals surface area contributed by atoms with Crippen LogP contribution >= 0.6 is 11.6 Å². The molecule has 8 N–H and O–H groups in total. The summed E-state index contributed by atoms with van der Waals surface area (Å²) < 4.78 is 12.0. The number of carbonyl (C=O) groups is 1. The van der Waals surface area contributed by atoms with Crippen molar-refractivity contribution in [3.63, 3.8) is 0 Å². The van der Waals surface area contributed by atoms with E-state index in [4.69, 9.17) is 37.6 Å². The first kappa shape index (κ1) is 36.8. The number of nitrogens with one attached hydrogen (secondary N) is 1. The van der Waals surface area contributed by atoms with Crippen molar-refractivity contribution in [2.24, 2.45) is 5.92 Å². The number of benzene rings is 2. The first-order valence-corrected chi connectivity index (χ1v) is 15.9. The number of rotatable bonds is 20. The number of hydrogen-bond donors (Lipinski definition) is 6. The van der Waals surface area contributed by atoms with Gasteiger partial charge in [0.2, 0.25) is 0 Å². The molecule has 3 unspecified atom stereocenters. The van der Waals surface area contributed by atoms with Gasteiger partial charge in [-0.1, -0.05) is 42.8 Å². The van der Waals surface area contributed by atoms with Gasteiger partial charge < -0.3 is 46.1 Å². The summed E-state index contributed by atoms with van der Waals surface area (Å²) in [5.74, 6) is 0.955. The van der Waals surface area contributed by atoms with Crippen molar-refractivity contribution in [3.05, 3.63) is 70.5 Å². The lowest BCUT2D eigenvalue weighted by Crippen LogP contribution is -2.50. The maximum absolute atomic E-state index is 12.8. The molecule has 3 aromatic rings. The number of aliphatic hydroxyl groups excluding tert-OH is 3. The molecule has 0 aliphatic carbocycles. The van der Waals surface area contributed by atoms with Crippen LogP contribution in [-0.4, -0.2) is 101 Å². The molecule has 12 nitrogen and oxygen atoms in total. The summed E-state index contributed by atoms with van der Waals surface area (Å²) in [6, 6.07) is 15.8. The van der Waals surface area contributed by atoms with Gasteiger partial charge in [0.25, 0.3) is 5.91 Å². The minimum Gasteiger partial charge on any atom is -0.493 e. The second-order valence-electron chi connectivity index (χ2n) is 11.9. The summed E-state index contributed by atoms with van der Waals surface area (Å²) in [5.41, 5.74) is 13.8. The lowest BCUT2D eigenvalue weighted by Gasteiger charge is -2.35. The molecule has 0 aliphatic heterocycles. The highest BCUT2D eigenvalue weighted by molar-refractivity contribution is 6.31. The third kappa shape index (κ3) is 12.3. The van der Waals surface area contributed by atoms with Gasteiger partial charge in [-0.25, -0.2) is 9.97 Å². The van der Waals surface area contributed by atoms with Crippen molar-refractivity contribution in [1.29, 1.82) is 0 Å². The number of halogens is 1. The van der Waals surface area contributed by atoms with E-state index < -0.39 is 12.0 Å². The van der Waals surface area contributed by atoms with Gasteiger partial charge in [0.05, 0.1) is 46.4 Å². The summed E-state index contributed by atoms with van der Waals surface area (Å²) in [7, 11) is 2.20. The van der Waals surface area contributed by atoms with Crippen LogP contribution in [0, 0.1) is 5.92 Å². The van der Waals surface area contributed by atoms with Crippen molar-refractivity contribution in [3.8, 4) is 11.5 Å². The predicted octanol–water partition coefficient (Wildman–Crippen LogP) is 2.48. The maximum atomic E-state index is 12.8. The maximum Gasteiger partial charge on any atom is 0.273 e. The number of likely N-dealkylation sites (N-methyl/N-ethyl adjacent to an activating group) is 1. The van der Waals surface area contributed by atoms with Crippen molar-refractivity contribution >= 4 is 29.1 Å². The Morgan fingerprint density at radius 2 is 1.41 bits per heavy atom. The van der Waals surface area contributed by atoms with Crippen LogP contribution in [0.3, 0.4) is 0 Å². The third-order valence-corrected chi connectivity index (χ3v) is 8.01. The zero-order chi connectivity index (χ0) is 33.5. The molecule has 46 heavy (non-hydrogen) atoms. The fourth-order valence-electron chi connectivity index (χ4n) is 4.84.